The second kappa shape index (κ2) is 6.99. The third-order valence-corrected chi connectivity index (χ3v) is 3.86. The molecule has 1 N–H and O–H groups in total. The highest BCUT2D eigenvalue weighted by Gasteiger charge is 2.09. The van der Waals surface area contributed by atoms with Crippen molar-refractivity contribution in [2.24, 2.45) is 0 Å². The van der Waals surface area contributed by atoms with Gasteiger partial charge in [0.1, 0.15) is 0 Å². The van der Waals surface area contributed by atoms with Crippen LogP contribution in [0.4, 0.5) is 0 Å². The number of benzene rings is 1. The predicted octanol–water partition coefficient (Wildman–Crippen LogP) is 3.74. The van der Waals surface area contributed by atoms with Crippen molar-refractivity contribution in [1.82, 2.24) is 15.5 Å². The Morgan fingerprint density at radius 1 is 1.30 bits per heavy atom. The van der Waals surface area contributed by atoms with E-state index in [1.807, 2.05) is 18.2 Å². The van der Waals surface area contributed by atoms with Crippen LogP contribution in [0.25, 0.3) is 11.5 Å². The van der Waals surface area contributed by atoms with Gasteiger partial charge < -0.3 is 9.73 Å². The normalized spacial score (nSPS) is 11.2. The van der Waals surface area contributed by atoms with Crippen molar-refractivity contribution in [2.45, 2.75) is 39.7 Å². The van der Waals surface area contributed by atoms with Crippen LogP contribution in [0.2, 0.25) is 0 Å². The van der Waals surface area contributed by atoms with E-state index >= 15 is 0 Å². The standard InChI is InChI=1S/C15H20BrN3O/c1-10(2)17-8-4-5-14-18-19-15(20-14)12-7-6-11(3)13(16)9-12/h6-7,9-10,17H,4-5,8H2,1-3H3. The first-order valence-electron chi connectivity index (χ1n) is 6.88. The first kappa shape index (κ1) is 15.2. The van der Waals surface area contributed by atoms with Crippen LogP contribution in [0.1, 0.15) is 31.7 Å². The average molecular weight is 338 g/mol. The predicted molar refractivity (Wildman–Crippen MR) is 83.6 cm³/mol. The van der Waals surface area contributed by atoms with Gasteiger partial charge in [0.2, 0.25) is 11.8 Å². The second-order valence-corrected chi connectivity index (χ2v) is 6.03. The van der Waals surface area contributed by atoms with Gasteiger partial charge in [-0.15, -0.1) is 10.2 Å². The molecule has 0 atom stereocenters. The molecule has 0 aliphatic rings. The molecule has 0 amide bonds. The molecule has 0 saturated heterocycles. The van der Waals surface area contributed by atoms with Crippen LogP contribution in [0.3, 0.4) is 0 Å². The molecule has 2 rings (SSSR count). The van der Waals surface area contributed by atoms with E-state index in [0.717, 1.165) is 29.4 Å². The molecule has 0 fully saturated rings. The summed E-state index contributed by atoms with van der Waals surface area (Å²) < 4.78 is 6.75. The van der Waals surface area contributed by atoms with Gasteiger partial charge in [-0.1, -0.05) is 35.8 Å². The van der Waals surface area contributed by atoms with Crippen molar-refractivity contribution in [3.05, 3.63) is 34.1 Å². The Kier molecular flexibility index (Phi) is 5.31. The van der Waals surface area contributed by atoms with Crippen LogP contribution in [0, 0.1) is 6.92 Å². The number of nitrogens with zero attached hydrogens (tertiary/aromatic N) is 2. The number of hydrogen-bond donors (Lipinski definition) is 1. The van der Waals surface area contributed by atoms with Gasteiger partial charge in [0.15, 0.2) is 0 Å². The van der Waals surface area contributed by atoms with Crippen LogP contribution < -0.4 is 5.32 Å². The minimum Gasteiger partial charge on any atom is -0.421 e. The maximum absolute atomic E-state index is 5.70. The molecule has 1 aromatic carbocycles. The summed E-state index contributed by atoms with van der Waals surface area (Å²) in [6, 6.07) is 6.55. The topological polar surface area (TPSA) is 51.0 Å². The summed E-state index contributed by atoms with van der Waals surface area (Å²) in [5, 5.41) is 11.6. The molecule has 4 nitrogen and oxygen atoms in total. The van der Waals surface area contributed by atoms with Gasteiger partial charge in [0.05, 0.1) is 0 Å². The summed E-state index contributed by atoms with van der Waals surface area (Å²) in [6.45, 7) is 7.29. The molecular formula is C15H20BrN3O. The Morgan fingerprint density at radius 3 is 2.80 bits per heavy atom. The van der Waals surface area contributed by atoms with Crippen molar-refractivity contribution < 1.29 is 4.42 Å². The van der Waals surface area contributed by atoms with E-state index in [-0.39, 0.29) is 0 Å². The molecule has 0 aliphatic carbocycles. The molecule has 0 spiro atoms. The van der Waals surface area contributed by atoms with Crippen molar-refractivity contribution in [3.8, 4) is 11.5 Å². The fraction of sp³-hybridized carbons (Fsp3) is 0.467. The molecule has 5 heteroatoms. The number of aryl methyl sites for hydroxylation is 2. The Bertz CT molecular complexity index is 566. The van der Waals surface area contributed by atoms with Gasteiger partial charge in [-0.3, -0.25) is 0 Å². The lowest BCUT2D eigenvalue weighted by molar-refractivity contribution is 0.484. The maximum Gasteiger partial charge on any atom is 0.247 e. The minimum absolute atomic E-state index is 0.512. The molecule has 108 valence electrons. The highest BCUT2D eigenvalue weighted by molar-refractivity contribution is 9.10. The molecule has 2 aromatic rings. The highest BCUT2D eigenvalue weighted by Crippen LogP contribution is 2.24. The Morgan fingerprint density at radius 2 is 2.10 bits per heavy atom. The number of aromatic nitrogens is 2. The van der Waals surface area contributed by atoms with E-state index < -0.39 is 0 Å². The molecule has 0 saturated carbocycles. The van der Waals surface area contributed by atoms with Crippen LogP contribution in [0.5, 0.6) is 0 Å². The summed E-state index contributed by atoms with van der Waals surface area (Å²) in [5.74, 6) is 1.28. The second-order valence-electron chi connectivity index (χ2n) is 5.18. The van der Waals surface area contributed by atoms with E-state index in [9.17, 15) is 0 Å². The molecule has 1 aromatic heterocycles. The van der Waals surface area contributed by atoms with Crippen molar-refractivity contribution in [2.75, 3.05) is 6.54 Å². The van der Waals surface area contributed by atoms with Crippen LogP contribution in [-0.4, -0.2) is 22.8 Å². The Labute approximate surface area is 128 Å². The van der Waals surface area contributed by atoms with Crippen LogP contribution in [-0.2, 0) is 6.42 Å². The number of rotatable bonds is 6. The smallest absolute Gasteiger partial charge is 0.247 e. The monoisotopic (exact) mass is 337 g/mol. The average Bonchev–Trinajstić information content (AvgIpc) is 2.86. The summed E-state index contributed by atoms with van der Waals surface area (Å²) in [6.07, 6.45) is 1.80. The number of halogens is 1. The molecule has 0 bridgehead atoms. The third kappa shape index (κ3) is 4.15. The zero-order valence-electron chi connectivity index (χ0n) is 12.1. The van der Waals surface area contributed by atoms with Gasteiger partial charge in [0.25, 0.3) is 0 Å². The third-order valence-electron chi connectivity index (χ3n) is 3.01. The zero-order valence-corrected chi connectivity index (χ0v) is 13.7. The maximum atomic E-state index is 5.70. The Hall–Kier alpha value is -1.20. The van der Waals surface area contributed by atoms with Gasteiger partial charge in [-0.05, 0) is 37.6 Å². The molecule has 0 radical (unpaired) electrons. The lowest BCUT2D eigenvalue weighted by Crippen LogP contribution is -2.23. The molecule has 1 heterocycles. The van der Waals surface area contributed by atoms with E-state index in [1.165, 1.54) is 5.56 Å². The van der Waals surface area contributed by atoms with Crippen molar-refractivity contribution in [1.29, 1.82) is 0 Å². The molecule has 20 heavy (non-hydrogen) atoms. The summed E-state index contributed by atoms with van der Waals surface area (Å²) in [5.41, 5.74) is 2.13. The minimum atomic E-state index is 0.512. The first-order chi connectivity index (χ1) is 9.56. The fourth-order valence-corrected chi connectivity index (χ4v) is 2.21. The van der Waals surface area contributed by atoms with E-state index in [0.29, 0.717) is 17.8 Å². The van der Waals surface area contributed by atoms with Gasteiger partial charge in [0, 0.05) is 22.5 Å². The molecule has 0 unspecified atom stereocenters. The highest BCUT2D eigenvalue weighted by atomic mass is 79.9. The number of hydrogen-bond acceptors (Lipinski definition) is 4. The van der Waals surface area contributed by atoms with Crippen molar-refractivity contribution in [3.63, 3.8) is 0 Å². The Balaban J connectivity index is 1.96. The van der Waals surface area contributed by atoms with Crippen molar-refractivity contribution >= 4 is 15.9 Å². The summed E-state index contributed by atoms with van der Waals surface area (Å²) >= 11 is 3.52. The lowest BCUT2D eigenvalue weighted by Gasteiger charge is -2.05. The molecular weight excluding hydrogens is 318 g/mol. The van der Waals surface area contributed by atoms with Gasteiger partial charge in [-0.2, -0.15) is 0 Å². The van der Waals surface area contributed by atoms with E-state index in [2.05, 4.69) is 52.2 Å². The quantitative estimate of drug-likeness (QED) is 0.816. The largest absolute Gasteiger partial charge is 0.421 e. The summed E-state index contributed by atoms with van der Waals surface area (Å²) in [4.78, 5) is 0. The van der Waals surface area contributed by atoms with E-state index in [1.54, 1.807) is 0 Å². The fourth-order valence-electron chi connectivity index (χ4n) is 1.83. The van der Waals surface area contributed by atoms with Crippen LogP contribution >= 0.6 is 15.9 Å². The zero-order chi connectivity index (χ0) is 14.5. The first-order valence-corrected chi connectivity index (χ1v) is 7.68. The van der Waals surface area contributed by atoms with Gasteiger partial charge >= 0.3 is 0 Å². The SMILES string of the molecule is Cc1ccc(-c2nnc(CCCNC(C)C)o2)cc1Br. The molecule has 0 aliphatic heterocycles. The number of nitrogens with one attached hydrogen (secondary N) is 1. The van der Waals surface area contributed by atoms with Crippen LogP contribution in [0.15, 0.2) is 27.1 Å². The van der Waals surface area contributed by atoms with Gasteiger partial charge in [-0.25, -0.2) is 0 Å². The summed E-state index contributed by atoms with van der Waals surface area (Å²) in [7, 11) is 0. The lowest BCUT2D eigenvalue weighted by atomic mass is 10.1. The van der Waals surface area contributed by atoms with E-state index in [4.69, 9.17) is 4.42 Å².